The number of hydrazine groups is 1. The summed E-state index contributed by atoms with van der Waals surface area (Å²) in [5, 5.41) is 1.15. The van der Waals surface area contributed by atoms with Gasteiger partial charge in [-0.1, -0.05) is 23.8 Å². The molecule has 3 nitrogen and oxygen atoms in total. The molecule has 1 unspecified atom stereocenters. The summed E-state index contributed by atoms with van der Waals surface area (Å²) < 4.78 is 0. The lowest BCUT2D eigenvalue weighted by Gasteiger charge is -2.19. The number of nitrogens with zero attached hydrogens (tertiary/aromatic N) is 1. The quantitative estimate of drug-likeness (QED) is 0.491. The van der Waals surface area contributed by atoms with E-state index in [9.17, 15) is 0 Å². The van der Waals surface area contributed by atoms with E-state index in [1.54, 1.807) is 0 Å². The van der Waals surface area contributed by atoms with Gasteiger partial charge in [0.1, 0.15) is 0 Å². The van der Waals surface area contributed by atoms with Crippen molar-refractivity contribution in [1.82, 2.24) is 10.4 Å². The molecule has 3 N–H and O–H groups in total. The minimum atomic E-state index is 0.0779. The number of benzene rings is 1. The Morgan fingerprint density at radius 1 is 1.44 bits per heavy atom. The number of hydrogen-bond acceptors (Lipinski definition) is 3. The Kier molecular flexibility index (Phi) is 3.75. The van der Waals surface area contributed by atoms with E-state index in [-0.39, 0.29) is 6.04 Å². The number of fused-ring (bicyclic) bond motifs is 1. The van der Waals surface area contributed by atoms with Gasteiger partial charge in [-0.15, -0.1) is 6.58 Å². The highest BCUT2D eigenvalue weighted by Gasteiger charge is 2.14. The number of hydrogen-bond donors (Lipinski definition) is 2. The molecule has 0 fully saturated rings. The Balaban J connectivity index is 2.57. The van der Waals surface area contributed by atoms with Crippen LogP contribution >= 0.6 is 0 Å². The van der Waals surface area contributed by atoms with E-state index in [2.05, 4.69) is 29.1 Å². The molecule has 0 radical (unpaired) electrons. The minimum Gasteiger partial charge on any atom is -0.271 e. The number of para-hydroxylation sites is 1. The van der Waals surface area contributed by atoms with Gasteiger partial charge in [0.2, 0.25) is 0 Å². The van der Waals surface area contributed by atoms with Crippen LogP contribution in [0.4, 0.5) is 0 Å². The van der Waals surface area contributed by atoms with Crippen LogP contribution in [0.25, 0.3) is 10.9 Å². The second-order valence-corrected chi connectivity index (χ2v) is 4.75. The Morgan fingerprint density at radius 2 is 2.17 bits per heavy atom. The number of nitrogens with one attached hydrogen (secondary N) is 1. The summed E-state index contributed by atoms with van der Waals surface area (Å²) in [7, 11) is 0. The van der Waals surface area contributed by atoms with E-state index < -0.39 is 0 Å². The summed E-state index contributed by atoms with van der Waals surface area (Å²) in [4.78, 5) is 4.54. The predicted octanol–water partition coefficient (Wildman–Crippen LogP) is 3.01. The van der Waals surface area contributed by atoms with Crippen LogP contribution in [0.15, 0.2) is 42.5 Å². The van der Waals surface area contributed by atoms with Gasteiger partial charge in [0.15, 0.2) is 0 Å². The fraction of sp³-hybridized carbons (Fsp3) is 0.267. The minimum absolute atomic E-state index is 0.0779. The molecule has 0 saturated carbocycles. The molecular weight excluding hydrogens is 222 g/mol. The lowest BCUT2D eigenvalue weighted by molar-refractivity contribution is 0.553. The van der Waals surface area contributed by atoms with E-state index in [1.807, 2.05) is 32.0 Å². The summed E-state index contributed by atoms with van der Waals surface area (Å²) in [6, 6.07) is 10.3. The largest absolute Gasteiger partial charge is 0.271 e. The van der Waals surface area contributed by atoms with E-state index in [0.717, 1.165) is 28.6 Å². The van der Waals surface area contributed by atoms with Gasteiger partial charge >= 0.3 is 0 Å². The van der Waals surface area contributed by atoms with Gasteiger partial charge in [-0.3, -0.25) is 16.3 Å². The van der Waals surface area contributed by atoms with E-state index in [0.29, 0.717) is 0 Å². The van der Waals surface area contributed by atoms with Crippen molar-refractivity contribution in [2.75, 3.05) is 0 Å². The van der Waals surface area contributed by atoms with Crippen LogP contribution in [-0.2, 0) is 0 Å². The third-order valence-electron chi connectivity index (χ3n) is 3.01. The first kappa shape index (κ1) is 12.7. The molecule has 2 aromatic rings. The number of rotatable bonds is 4. The average molecular weight is 241 g/mol. The third kappa shape index (κ3) is 2.58. The van der Waals surface area contributed by atoms with Crippen molar-refractivity contribution in [2.24, 2.45) is 5.84 Å². The van der Waals surface area contributed by atoms with E-state index in [1.165, 1.54) is 5.56 Å². The zero-order valence-corrected chi connectivity index (χ0v) is 10.9. The van der Waals surface area contributed by atoms with Crippen LogP contribution in [0, 0.1) is 6.92 Å². The number of pyridine rings is 1. The number of aryl methyl sites for hydroxylation is 1. The van der Waals surface area contributed by atoms with Crippen LogP contribution in [0.2, 0.25) is 0 Å². The molecule has 3 heteroatoms. The van der Waals surface area contributed by atoms with Crippen molar-refractivity contribution >= 4 is 10.9 Å². The molecule has 2 rings (SSSR count). The lowest BCUT2D eigenvalue weighted by Crippen LogP contribution is -2.28. The fourth-order valence-corrected chi connectivity index (χ4v) is 2.24. The molecule has 0 aliphatic heterocycles. The van der Waals surface area contributed by atoms with Crippen LogP contribution in [0.5, 0.6) is 0 Å². The summed E-state index contributed by atoms with van der Waals surface area (Å²) >= 11 is 0. The Morgan fingerprint density at radius 3 is 2.83 bits per heavy atom. The van der Waals surface area contributed by atoms with Crippen LogP contribution < -0.4 is 11.3 Å². The molecule has 0 aliphatic carbocycles. The van der Waals surface area contributed by atoms with Crippen LogP contribution in [0.3, 0.4) is 0 Å². The van der Waals surface area contributed by atoms with E-state index in [4.69, 9.17) is 5.84 Å². The molecule has 1 atom stereocenters. The number of aromatic nitrogens is 1. The summed E-state index contributed by atoms with van der Waals surface area (Å²) in [6.07, 6.45) is 0.823. The average Bonchev–Trinajstić information content (AvgIpc) is 2.34. The van der Waals surface area contributed by atoms with Gasteiger partial charge in [0.05, 0.1) is 11.6 Å². The van der Waals surface area contributed by atoms with Gasteiger partial charge in [-0.25, -0.2) is 0 Å². The van der Waals surface area contributed by atoms with E-state index >= 15 is 0 Å². The van der Waals surface area contributed by atoms with Gasteiger partial charge < -0.3 is 0 Å². The molecular formula is C15H19N3. The number of nitrogens with two attached hydrogens (primary N) is 1. The van der Waals surface area contributed by atoms with Gasteiger partial charge in [0, 0.05) is 11.1 Å². The summed E-state index contributed by atoms with van der Waals surface area (Å²) in [6.45, 7) is 7.98. The zero-order valence-electron chi connectivity index (χ0n) is 10.9. The molecule has 1 heterocycles. The van der Waals surface area contributed by atoms with Crippen LogP contribution in [0.1, 0.15) is 30.6 Å². The second kappa shape index (κ2) is 5.29. The topological polar surface area (TPSA) is 50.9 Å². The third-order valence-corrected chi connectivity index (χ3v) is 3.01. The molecule has 1 aromatic carbocycles. The Labute approximate surface area is 108 Å². The van der Waals surface area contributed by atoms with Crippen molar-refractivity contribution in [3.63, 3.8) is 0 Å². The van der Waals surface area contributed by atoms with Crippen LogP contribution in [-0.4, -0.2) is 4.98 Å². The molecule has 0 saturated heterocycles. The smallest absolute Gasteiger partial charge is 0.0708 e. The highest BCUT2D eigenvalue weighted by Crippen LogP contribution is 2.27. The maximum atomic E-state index is 5.68. The van der Waals surface area contributed by atoms with Gasteiger partial charge in [0.25, 0.3) is 0 Å². The lowest BCUT2D eigenvalue weighted by atomic mass is 9.96. The Bertz CT molecular complexity index is 575. The zero-order chi connectivity index (χ0) is 13.1. The van der Waals surface area contributed by atoms with Gasteiger partial charge in [-0.05, 0) is 38.0 Å². The molecule has 0 aliphatic rings. The maximum absolute atomic E-state index is 5.68. The highest BCUT2D eigenvalue weighted by molar-refractivity contribution is 5.82. The second-order valence-electron chi connectivity index (χ2n) is 4.75. The van der Waals surface area contributed by atoms with Gasteiger partial charge in [-0.2, -0.15) is 0 Å². The van der Waals surface area contributed by atoms with Crippen molar-refractivity contribution in [1.29, 1.82) is 0 Å². The standard InChI is InChI=1S/C15H19N3/c1-10(2)8-15(18-16)13-9-11(3)17-14-7-5-4-6-12(13)14/h4-7,9,15,18H,1,8,16H2,2-3H3. The first-order chi connectivity index (χ1) is 8.61. The normalized spacial score (nSPS) is 12.6. The summed E-state index contributed by atoms with van der Waals surface area (Å²) in [5.74, 6) is 5.68. The molecule has 1 aromatic heterocycles. The highest BCUT2D eigenvalue weighted by atomic mass is 15.2. The molecule has 94 valence electrons. The monoisotopic (exact) mass is 241 g/mol. The first-order valence-corrected chi connectivity index (χ1v) is 6.08. The maximum Gasteiger partial charge on any atom is 0.0708 e. The molecule has 0 bridgehead atoms. The SMILES string of the molecule is C=C(C)CC(NN)c1cc(C)nc2ccccc12. The molecule has 18 heavy (non-hydrogen) atoms. The predicted molar refractivity (Wildman–Crippen MR) is 76.0 cm³/mol. The van der Waals surface area contributed by atoms with Crippen molar-refractivity contribution in [3.8, 4) is 0 Å². The summed E-state index contributed by atoms with van der Waals surface area (Å²) in [5.41, 5.74) is 7.19. The molecule has 0 spiro atoms. The first-order valence-electron chi connectivity index (χ1n) is 6.08. The fourth-order valence-electron chi connectivity index (χ4n) is 2.24. The molecule has 0 amide bonds. The van der Waals surface area contributed by atoms with Crippen molar-refractivity contribution < 1.29 is 0 Å². The Hall–Kier alpha value is -1.71. The van der Waals surface area contributed by atoms with Crippen molar-refractivity contribution in [2.45, 2.75) is 26.3 Å². The van der Waals surface area contributed by atoms with Crippen molar-refractivity contribution in [3.05, 3.63) is 53.7 Å².